The van der Waals surface area contributed by atoms with Gasteiger partial charge < -0.3 is 4.74 Å². The number of allylic oxidation sites excluding steroid dienone is 1. The van der Waals surface area contributed by atoms with E-state index in [9.17, 15) is 4.79 Å². The maximum Gasteiger partial charge on any atom is 0.159 e. The average molecular weight is 175 g/mol. The van der Waals surface area contributed by atoms with Crippen molar-refractivity contribution in [1.82, 2.24) is 0 Å². The third kappa shape index (κ3) is 2.64. The molecule has 1 aliphatic heterocycles. The number of carbonyl (C=O) groups excluding carboxylic acids is 1. The molecular weight excluding hydrogens is 164 g/mol. The van der Waals surface area contributed by atoms with Crippen LogP contribution < -0.4 is 0 Å². The van der Waals surface area contributed by atoms with Crippen molar-refractivity contribution in [2.45, 2.75) is 12.8 Å². The van der Waals surface area contributed by atoms with Crippen LogP contribution in [0.2, 0.25) is 0 Å². The van der Waals surface area contributed by atoms with Crippen LogP contribution in [0, 0.1) is 5.92 Å². The van der Waals surface area contributed by atoms with E-state index < -0.39 is 0 Å². The molecule has 2 nitrogen and oxygen atoms in total. The summed E-state index contributed by atoms with van der Waals surface area (Å²) >= 11 is 5.28. The van der Waals surface area contributed by atoms with Crippen LogP contribution in [-0.2, 0) is 9.53 Å². The van der Waals surface area contributed by atoms with Gasteiger partial charge in [-0.2, -0.15) is 0 Å². The molecule has 3 heteroatoms. The molecule has 0 atom stereocenters. The zero-order valence-electron chi connectivity index (χ0n) is 6.25. The normalized spacial score (nSPS) is 20.8. The SMILES string of the molecule is O=C(/C=C/Cl)C1CCOCC1. The lowest BCUT2D eigenvalue weighted by atomic mass is 9.96. The Labute approximate surface area is 71.2 Å². The van der Waals surface area contributed by atoms with E-state index in [4.69, 9.17) is 16.3 Å². The first-order chi connectivity index (χ1) is 5.34. The minimum Gasteiger partial charge on any atom is -0.381 e. The second-order valence-electron chi connectivity index (χ2n) is 2.58. The minimum absolute atomic E-state index is 0.128. The average Bonchev–Trinajstić information content (AvgIpc) is 2.07. The number of ketones is 1. The molecule has 1 rings (SSSR count). The molecule has 0 unspecified atom stereocenters. The lowest BCUT2D eigenvalue weighted by Crippen LogP contribution is -2.21. The predicted octanol–water partition coefficient (Wildman–Crippen LogP) is 1.73. The molecule has 1 saturated heterocycles. The van der Waals surface area contributed by atoms with Crippen LogP contribution >= 0.6 is 11.6 Å². The fraction of sp³-hybridized carbons (Fsp3) is 0.625. The second kappa shape index (κ2) is 4.52. The number of rotatable bonds is 2. The fourth-order valence-corrected chi connectivity index (χ4v) is 1.30. The first kappa shape index (κ1) is 8.75. The van der Waals surface area contributed by atoms with E-state index in [0.29, 0.717) is 13.2 Å². The summed E-state index contributed by atoms with van der Waals surface area (Å²) in [7, 11) is 0. The quantitative estimate of drug-likeness (QED) is 0.596. The predicted molar refractivity (Wildman–Crippen MR) is 43.5 cm³/mol. The highest BCUT2D eigenvalue weighted by atomic mass is 35.5. The summed E-state index contributed by atoms with van der Waals surface area (Å²) in [5.74, 6) is 0.266. The summed E-state index contributed by atoms with van der Waals surface area (Å²) < 4.78 is 5.12. The standard InChI is InChI=1S/C8H11ClO2/c9-4-1-8(10)7-2-5-11-6-3-7/h1,4,7H,2-3,5-6H2/b4-1+. The van der Waals surface area contributed by atoms with Crippen molar-refractivity contribution < 1.29 is 9.53 Å². The number of carbonyl (C=O) groups is 1. The van der Waals surface area contributed by atoms with Crippen LogP contribution in [0.5, 0.6) is 0 Å². The largest absolute Gasteiger partial charge is 0.381 e. The molecule has 0 N–H and O–H groups in total. The molecule has 1 heterocycles. The van der Waals surface area contributed by atoms with E-state index in [1.54, 1.807) is 0 Å². The maximum absolute atomic E-state index is 11.2. The Kier molecular flexibility index (Phi) is 3.60. The van der Waals surface area contributed by atoms with E-state index in [1.165, 1.54) is 11.6 Å². The Hall–Kier alpha value is -0.340. The van der Waals surface area contributed by atoms with Gasteiger partial charge in [0.15, 0.2) is 5.78 Å². The molecule has 0 bridgehead atoms. The summed E-state index contributed by atoms with van der Waals surface area (Å²) in [4.78, 5) is 11.2. The summed E-state index contributed by atoms with van der Waals surface area (Å²) in [6, 6.07) is 0. The van der Waals surface area contributed by atoms with Crippen LogP contribution in [0.4, 0.5) is 0 Å². The lowest BCUT2D eigenvalue weighted by Gasteiger charge is -2.18. The van der Waals surface area contributed by atoms with E-state index >= 15 is 0 Å². The van der Waals surface area contributed by atoms with Gasteiger partial charge in [0.25, 0.3) is 0 Å². The molecule has 0 aromatic carbocycles. The van der Waals surface area contributed by atoms with E-state index in [-0.39, 0.29) is 11.7 Å². The Bertz CT molecular complexity index is 159. The molecule has 1 fully saturated rings. The number of hydrogen-bond acceptors (Lipinski definition) is 2. The van der Waals surface area contributed by atoms with Gasteiger partial charge in [-0.25, -0.2) is 0 Å². The molecule has 0 aliphatic carbocycles. The zero-order chi connectivity index (χ0) is 8.10. The highest BCUT2D eigenvalue weighted by Crippen LogP contribution is 2.15. The van der Waals surface area contributed by atoms with Crippen LogP contribution in [0.1, 0.15) is 12.8 Å². The summed E-state index contributed by atoms with van der Waals surface area (Å²) in [6.07, 6.45) is 3.09. The van der Waals surface area contributed by atoms with Crippen molar-refractivity contribution in [3.05, 3.63) is 11.6 Å². The van der Waals surface area contributed by atoms with Crippen molar-refractivity contribution >= 4 is 17.4 Å². The molecule has 0 spiro atoms. The lowest BCUT2D eigenvalue weighted by molar-refractivity contribution is -0.120. The van der Waals surface area contributed by atoms with Gasteiger partial charge in [0.2, 0.25) is 0 Å². The molecule has 1 aliphatic rings. The number of halogens is 1. The van der Waals surface area contributed by atoms with Crippen LogP contribution in [0.25, 0.3) is 0 Å². The third-order valence-corrected chi connectivity index (χ3v) is 1.98. The van der Waals surface area contributed by atoms with Gasteiger partial charge >= 0.3 is 0 Å². The van der Waals surface area contributed by atoms with Gasteiger partial charge in [0, 0.05) is 24.7 Å². The smallest absolute Gasteiger partial charge is 0.159 e. The first-order valence-electron chi connectivity index (χ1n) is 3.73. The summed E-state index contributed by atoms with van der Waals surface area (Å²) in [5, 5.41) is 0. The first-order valence-corrected chi connectivity index (χ1v) is 4.16. The molecule has 62 valence electrons. The Morgan fingerprint density at radius 1 is 1.45 bits per heavy atom. The monoisotopic (exact) mass is 174 g/mol. The van der Waals surface area contributed by atoms with Crippen molar-refractivity contribution in [2.75, 3.05) is 13.2 Å². The molecule has 0 radical (unpaired) electrons. The van der Waals surface area contributed by atoms with Crippen molar-refractivity contribution in [1.29, 1.82) is 0 Å². The Morgan fingerprint density at radius 2 is 2.09 bits per heavy atom. The van der Waals surface area contributed by atoms with Gasteiger partial charge in [-0.3, -0.25) is 4.79 Å². The van der Waals surface area contributed by atoms with Crippen molar-refractivity contribution in [3.8, 4) is 0 Å². The summed E-state index contributed by atoms with van der Waals surface area (Å²) in [6.45, 7) is 1.40. The minimum atomic E-state index is 0.128. The highest BCUT2D eigenvalue weighted by molar-refractivity contribution is 6.26. The van der Waals surface area contributed by atoms with E-state index in [2.05, 4.69) is 0 Å². The Balaban J connectivity index is 2.38. The van der Waals surface area contributed by atoms with Crippen LogP contribution in [-0.4, -0.2) is 19.0 Å². The van der Waals surface area contributed by atoms with E-state index in [1.807, 2.05) is 0 Å². The van der Waals surface area contributed by atoms with Gasteiger partial charge in [0.1, 0.15) is 0 Å². The van der Waals surface area contributed by atoms with E-state index in [0.717, 1.165) is 12.8 Å². The van der Waals surface area contributed by atoms with Gasteiger partial charge in [0.05, 0.1) is 0 Å². The molecule has 0 aromatic rings. The molecular formula is C8H11ClO2. The van der Waals surface area contributed by atoms with Crippen molar-refractivity contribution in [3.63, 3.8) is 0 Å². The van der Waals surface area contributed by atoms with Crippen LogP contribution in [0.3, 0.4) is 0 Å². The van der Waals surface area contributed by atoms with Crippen molar-refractivity contribution in [2.24, 2.45) is 5.92 Å². The van der Waals surface area contributed by atoms with Gasteiger partial charge in [-0.05, 0) is 18.9 Å². The Morgan fingerprint density at radius 3 is 2.64 bits per heavy atom. The third-order valence-electron chi connectivity index (χ3n) is 1.85. The maximum atomic E-state index is 11.2. The fourth-order valence-electron chi connectivity index (χ4n) is 1.18. The molecule has 0 aromatic heterocycles. The number of hydrogen-bond donors (Lipinski definition) is 0. The van der Waals surface area contributed by atoms with Gasteiger partial charge in [-0.1, -0.05) is 11.6 Å². The molecule has 0 amide bonds. The van der Waals surface area contributed by atoms with Gasteiger partial charge in [-0.15, -0.1) is 0 Å². The molecule has 11 heavy (non-hydrogen) atoms. The number of ether oxygens (including phenoxy) is 1. The zero-order valence-corrected chi connectivity index (χ0v) is 7.01. The summed E-state index contributed by atoms with van der Waals surface area (Å²) in [5.41, 5.74) is 1.28. The molecule has 0 saturated carbocycles. The topological polar surface area (TPSA) is 26.3 Å². The highest BCUT2D eigenvalue weighted by Gasteiger charge is 2.18. The second-order valence-corrected chi connectivity index (χ2v) is 2.83. The van der Waals surface area contributed by atoms with Crippen LogP contribution in [0.15, 0.2) is 11.6 Å².